The third-order valence-electron chi connectivity index (χ3n) is 9.12. The highest BCUT2D eigenvalue weighted by Gasteiger charge is 2.40. The molecule has 1 heterocycles. The average molecular weight is 552 g/mol. The SMILES string of the molecule is C=C(/C=C/C(C)=C/C=C1/N(CCCc2ccccc2)c2ccc3ccccc3c2C1(C)C)C(C)(C)c1ccccc1C. The molecule has 0 saturated carbocycles. The molecule has 1 aliphatic heterocycles. The first-order chi connectivity index (χ1) is 20.1. The van der Waals surface area contributed by atoms with E-state index in [9.17, 15) is 0 Å². The Kier molecular flexibility index (Phi) is 8.41. The summed E-state index contributed by atoms with van der Waals surface area (Å²) in [5, 5.41) is 2.66. The molecule has 42 heavy (non-hydrogen) atoms. The Morgan fingerprint density at radius 3 is 2.31 bits per heavy atom. The molecule has 0 atom stereocenters. The van der Waals surface area contributed by atoms with Crippen molar-refractivity contribution in [1.82, 2.24) is 0 Å². The van der Waals surface area contributed by atoms with E-state index >= 15 is 0 Å². The van der Waals surface area contributed by atoms with E-state index in [0.717, 1.165) is 25.0 Å². The van der Waals surface area contributed by atoms with Gasteiger partial charge in [-0.3, -0.25) is 0 Å². The van der Waals surface area contributed by atoms with Gasteiger partial charge in [0.25, 0.3) is 0 Å². The summed E-state index contributed by atoms with van der Waals surface area (Å²) in [5.74, 6) is 0. The summed E-state index contributed by atoms with van der Waals surface area (Å²) in [6.45, 7) is 19.1. The van der Waals surface area contributed by atoms with Gasteiger partial charge in [0.2, 0.25) is 0 Å². The van der Waals surface area contributed by atoms with Crippen molar-refractivity contribution in [2.75, 3.05) is 11.4 Å². The maximum Gasteiger partial charge on any atom is 0.0457 e. The van der Waals surface area contributed by atoms with E-state index in [0.29, 0.717) is 0 Å². The predicted molar refractivity (Wildman–Crippen MR) is 183 cm³/mol. The Bertz CT molecular complexity index is 1680. The molecule has 214 valence electrons. The monoisotopic (exact) mass is 551 g/mol. The van der Waals surface area contributed by atoms with Crippen LogP contribution in [0.15, 0.2) is 139 Å². The van der Waals surface area contributed by atoms with Gasteiger partial charge in [0, 0.05) is 28.8 Å². The Morgan fingerprint density at radius 1 is 0.857 bits per heavy atom. The molecule has 0 N–H and O–H groups in total. The van der Waals surface area contributed by atoms with Crippen LogP contribution in [0.4, 0.5) is 5.69 Å². The first-order valence-electron chi connectivity index (χ1n) is 15.3. The van der Waals surface area contributed by atoms with E-state index in [1.165, 1.54) is 50.0 Å². The van der Waals surface area contributed by atoms with E-state index < -0.39 is 0 Å². The molecule has 4 aromatic rings. The third-order valence-corrected chi connectivity index (χ3v) is 9.12. The number of benzene rings is 4. The van der Waals surface area contributed by atoms with E-state index in [1.54, 1.807) is 0 Å². The number of anilines is 1. The molecule has 1 nitrogen and oxygen atoms in total. The van der Waals surface area contributed by atoms with Gasteiger partial charge in [-0.25, -0.2) is 0 Å². The number of aryl methyl sites for hydroxylation is 2. The van der Waals surface area contributed by atoms with Crippen LogP contribution in [0.25, 0.3) is 10.8 Å². The van der Waals surface area contributed by atoms with Crippen molar-refractivity contribution >= 4 is 16.5 Å². The molecule has 0 aliphatic carbocycles. The minimum absolute atomic E-state index is 0.111. The molecule has 1 aliphatic rings. The molecule has 0 saturated heterocycles. The summed E-state index contributed by atoms with van der Waals surface area (Å²) in [4.78, 5) is 2.57. The summed E-state index contributed by atoms with van der Waals surface area (Å²) in [7, 11) is 0. The number of nitrogens with zero attached hydrogens (tertiary/aromatic N) is 1. The van der Waals surface area contributed by atoms with Crippen LogP contribution >= 0.6 is 0 Å². The van der Waals surface area contributed by atoms with E-state index in [1.807, 2.05) is 0 Å². The summed E-state index contributed by atoms with van der Waals surface area (Å²) in [6, 6.07) is 32.9. The first kappa shape index (κ1) is 29.4. The topological polar surface area (TPSA) is 3.24 Å². The van der Waals surface area contributed by atoms with Crippen molar-refractivity contribution in [3.8, 4) is 0 Å². The maximum atomic E-state index is 4.47. The van der Waals surface area contributed by atoms with Crippen molar-refractivity contribution in [1.29, 1.82) is 0 Å². The summed E-state index contributed by atoms with van der Waals surface area (Å²) >= 11 is 0. The van der Waals surface area contributed by atoms with Crippen LogP contribution < -0.4 is 4.90 Å². The summed E-state index contributed by atoms with van der Waals surface area (Å²) in [5.41, 5.74) is 10.2. The van der Waals surface area contributed by atoms with Gasteiger partial charge < -0.3 is 4.90 Å². The zero-order chi connectivity index (χ0) is 29.9. The van der Waals surface area contributed by atoms with Gasteiger partial charge in [0.15, 0.2) is 0 Å². The molecule has 0 amide bonds. The molecule has 0 bridgehead atoms. The fraction of sp³-hybridized carbons (Fsp3) is 0.268. The number of rotatable bonds is 9. The van der Waals surface area contributed by atoms with Crippen molar-refractivity contribution < 1.29 is 0 Å². The lowest BCUT2D eigenvalue weighted by atomic mass is 9.76. The highest BCUT2D eigenvalue weighted by atomic mass is 15.2. The highest BCUT2D eigenvalue weighted by Crippen LogP contribution is 2.50. The normalized spacial score (nSPS) is 16.0. The molecular weight excluding hydrogens is 506 g/mol. The summed E-state index contributed by atoms with van der Waals surface area (Å²) < 4.78 is 0. The lowest BCUT2D eigenvalue weighted by molar-refractivity contribution is 0.629. The number of hydrogen-bond acceptors (Lipinski definition) is 1. The Hall–Kier alpha value is -4.10. The molecule has 0 radical (unpaired) electrons. The zero-order valence-electron chi connectivity index (χ0n) is 26.2. The van der Waals surface area contributed by atoms with Gasteiger partial charge in [0.05, 0.1) is 0 Å². The van der Waals surface area contributed by atoms with Gasteiger partial charge in [-0.1, -0.05) is 143 Å². The Labute approximate surface area is 253 Å². The quantitative estimate of drug-likeness (QED) is 0.187. The van der Waals surface area contributed by atoms with Gasteiger partial charge in [-0.2, -0.15) is 0 Å². The van der Waals surface area contributed by atoms with E-state index in [2.05, 4.69) is 168 Å². The molecule has 4 aromatic carbocycles. The minimum Gasteiger partial charge on any atom is -0.344 e. The van der Waals surface area contributed by atoms with Crippen molar-refractivity contribution in [3.05, 3.63) is 161 Å². The second-order valence-corrected chi connectivity index (χ2v) is 12.8. The van der Waals surface area contributed by atoms with Crippen LogP contribution in [0.3, 0.4) is 0 Å². The van der Waals surface area contributed by atoms with Gasteiger partial charge in [0.1, 0.15) is 0 Å². The molecule has 5 rings (SSSR count). The second-order valence-electron chi connectivity index (χ2n) is 12.8. The fourth-order valence-electron chi connectivity index (χ4n) is 6.52. The lowest BCUT2D eigenvalue weighted by Crippen LogP contribution is -2.27. The third kappa shape index (κ3) is 5.79. The standard InChI is InChI=1S/C41H45N/c1-30(23-25-32(3)40(4,5)36-22-14-11-16-31(36)2)24-28-38-41(6,7)39-35-21-13-12-20-34(35)26-27-37(39)42(38)29-15-19-33-17-9-8-10-18-33/h8-14,16-18,20-28H,3,15,19,29H2,1-2,4-7H3/b25-23+,30-24+,38-28+. The Balaban J connectivity index is 1.44. The van der Waals surface area contributed by atoms with Crippen LogP contribution in [0.1, 0.15) is 63.3 Å². The van der Waals surface area contributed by atoms with Crippen molar-refractivity contribution in [2.45, 2.75) is 65.2 Å². The molecule has 0 aromatic heterocycles. The second kappa shape index (κ2) is 12.0. The van der Waals surface area contributed by atoms with Gasteiger partial charge in [-0.05, 0) is 77.4 Å². The van der Waals surface area contributed by atoms with Crippen LogP contribution in [0.5, 0.6) is 0 Å². The molecule has 1 heteroatoms. The largest absolute Gasteiger partial charge is 0.344 e. The number of hydrogen-bond donors (Lipinski definition) is 0. The van der Waals surface area contributed by atoms with E-state index in [4.69, 9.17) is 0 Å². The highest BCUT2D eigenvalue weighted by molar-refractivity contribution is 5.94. The predicted octanol–water partition coefficient (Wildman–Crippen LogP) is 10.8. The van der Waals surface area contributed by atoms with Crippen molar-refractivity contribution in [2.24, 2.45) is 0 Å². The summed E-state index contributed by atoms with van der Waals surface area (Å²) in [6.07, 6.45) is 11.2. The lowest BCUT2D eigenvalue weighted by Gasteiger charge is -2.28. The molecular formula is C41H45N. The average Bonchev–Trinajstić information content (AvgIpc) is 3.20. The minimum atomic E-state index is -0.133. The van der Waals surface area contributed by atoms with E-state index in [-0.39, 0.29) is 10.8 Å². The van der Waals surface area contributed by atoms with Crippen LogP contribution in [-0.2, 0) is 17.3 Å². The fourth-order valence-corrected chi connectivity index (χ4v) is 6.52. The number of fused-ring (bicyclic) bond motifs is 3. The maximum absolute atomic E-state index is 4.47. The Morgan fingerprint density at radius 2 is 1.55 bits per heavy atom. The van der Waals surface area contributed by atoms with Crippen LogP contribution in [0, 0.1) is 6.92 Å². The van der Waals surface area contributed by atoms with Gasteiger partial charge in [-0.15, -0.1) is 0 Å². The zero-order valence-corrected chi connectivity index (χ0v) is 26.2. The molecule has 0 unspecified atom stereocenters. The first-order valence-corrected chi connectivity index (χ1v) is 15.3. The van der Waals surface area contributed by atoms with Gasteiger partial charge >= 0.3 is 0 Å². The molecule has 0 fully saturated rings. The van der Waals surface area contributed by atoms with Crippen LogP contribution in [-0.4, -0.2) is 6.54 Å². The van der Waals surface area contributed by atoms with Crippen LogP contribution in [0.2, 0.25) is 0 Å². The molecule has 0 spiro atoms. The number of allylic oxidation sites excluding steroid dienone is 7. The smallest absolute Gasteiger partial charge is 0.0457 e. The van der Waals surface area contributed by atoms with Crippen molar-refractivity contribution in [3.63, 3.8) is 0 Å².